The van der Waals surface area contributed by atoms with Crippen LogP contribution < -0.4 is 0 Å². The lowest BCUT2D eigenvalue weighted by Crippen LogP contribution is -2.18. The third kappa shape index (κ3) is 2.53. The number of hydrogen-bond acceptors (Lipinski definition) is 2. The van der Waals surface area contributed by atoms with Gasteiger partial charge in [0.1, 0.15) is 0 Å². The van der Waals surface area contributed by atoms with Crippen LogP contribution in [0.2, 0.25) is 0 Å². The van der Waals surface area contributed by atoms with Gasteiger partial charge in [-0.3, -0.25) is 0 Å². The lowest BCUT2D eigenvalue weighted by molar-refractivity contribution is 0.0225. The Bertz CT molecular complexity index is 384. The van der Waals surface area contributed by atoms with Gasteiger partial charge in [-0.25, -0.2) is 0 Å². The summed E-state index contributed by atoms with van der Waals surface area (Å²) in [4.78, 5) is 0. The Balaban J connectivity index is 1.63. The largest absolute Gasteiger partial charge is 0.393 e. The van der Waals surface area contributed by atoms with E-state index in [0.29, 0.717) is 5.92 Å². The molecular weight excluding hydrogens is 212 g/mol. The molecule has 17 heavy (non-hydrogen) atoms. The van der Waals surface area contributed by atoms with Crippen LogP contribution in [0.3, 0.4) is 0 Å². The summed E-state index contributed by atoms with van der Waals surface area (Å²) >= 11 is 0. The molecule has 2 atom stereocenters. The van der Waals surface area contributed by atoms with Crippen molar-refractivity contribution in [2.24, 2.45) is 5.92 Å². The molecule has 1 N–H and O–H groups in total. The zero-order valence-corrected chi connectivity index (χ0v) is 10.1. The molecule has 3 rings (SSSR count). The lowest BCUT2D eigenvalue weighted by atomic mass is 9.93. The maximum absolute atomic E-state index is 9.91. The first-order valence-electron chi connectivity index (χ1n) is 6.72. The standard InChI is InChI=1S/C15H20O2/c16-14(12-5-6-12)7-8-15-13-4-2-1-3-11(13)9-10-17-15/h1-4,12,14-16H,5-10H2. The van der Waals surface area contributed by atoms with Gasteiger partial charge in [0.25, 0.3) is 0 Å². The summed E-state index contributed by atoms with van der Waals surface area (Å²) in [7, 11) is 0. The van der Waals surface area contributed by atoms with Crippen LogP contribution in [0, 0.1) is 5.92 Å². The van der Waals surface area contributed by atoms with Gasteiger partial charge in [-0.2, -0.15) is 0 Å². The number of ether oxygens (including phenoxy) is 1. The fraction of sp³-hybridized carbons (Fsp3) is 0.600. The van der Waals surface area contributed by atoms with Crippen LogP contribution in [-0.2, 0) is 11.2 Å². The van der Waals surface area contributed by atoms with Crippen LogP contribution >= 0.6 is 0 Å². The molecule has 92 valence electrons. The van der Waals surface area contributed by atoms with E-state index in [4.69, 9.17) is 4.74 Å². The molecule has 1 aliphatic heterocycles. The van der Waals surface area contributed by atoms with E-state index < -0.39 is 0 Å². The van der Waals surface area contributed by atoms with Gasteiger partial charge in [-0.15, -0.1) is 0 Å². The Hall–Kier alpha value is -0.860. The summed E-state index contributed by atoms with van der Waals surface area (Å²) in [6.07, 6.45) is 5.38. The van der Waals surface area contributed by atoms with Crippen molar-refractivity contribution in [1.82, 2.24) is 0 Å². The molecule has 1 heterocycles. The van der Waals surface area contributed by atoms with E-state index in [0.717, 1.165) is 25.9 Å². The molecule has 0 amide bonds. The Kier molecular flexibility index (Phi) is 3.17. The van der Waals surface area contributed by atoms with Crippen molar-refractivity contribution in [2.45, 2.75) is 44.3 Å². The van der Waals surface area contributed by atoms with Crippen LogP contribution in [0.25, 0.3) is 0 Å². The molecule has 0 aromatic heterocycles. The van der Waals surface area contributed by atoms with Gasteiger partial charge in [-0.1, -0.05) is 24.3 Å². The quantitative estimate of drug-likeness (QED) is 0.865. The molecule has 2 heteroatoms. The summed E-state index contributed by atoms with van der Waals surface area (Å²) in [5.74, 6) is 0.578. The van der Waals surface area contributed by atoms with Gasteiger partial charge in [0, 0.05) is 0 Å². The molecule has 1 fully saturated rings. The normalized spacial score (nSPS) is 25.4. The predicted octanol–water partition coefficient (Wildman–Crippen LogP) is 2.85. The number of fused-ring (bicyclic) bond motifs is 1. The molecule has 0 spiro atoms. The molecule has 2 unspecified atom stereocenters. The smallest absolute Gasteiger partial charge is 0.0828 e. The number of hydrogen-bond donors (Lipinski definition) is 1. The van der Waals surface area contributed by atoms with Crippen LogP contribution in [0.4, 0.5) is 0 Å². The highest BCUT2D eigenvalue weighted by Gasteiger charge is 2.30. The van der Waals surface area contributed by atoms with Crippen molar-refractivity contribution in [2.75, 3.05) is 6.61 Å². The first-order chi connectivity index (χ1) is 8.34. The second-order valence-electron chi connectivity index (χ2n) is 5.29. The highest BCUT2D eigenvalue weighted by Crippen LogP contribution is 2.37. The Labute approximate surface area is 103 Å². The van der Waals surface area contributed by atoms with Crippen molar-refractivity contribution >= 4 is 0 Å². The zero-order chi connectivity index (χ0) is 11.7. The number of rotatable bonds is 4. The molecule has 1 saturated carbocycles. The fourth-order valence-corrected chi connectivity index (χ4v) is 2.75. The minimum absolute atomic E-state index is 0.104. The van der Waals surface area contributed by atoms with E-state index in [1.165, 1.54) is 24.0 Å². The van der Waals surface area contributed by atoms with Crippen LogP contribution in [0.1, 0.15) is 42.9 Å². The first kappa shape index (κ1) is 11.2. The maximum Gasteiger partial charge on any atom is 0.0828 e. The summed E-state index contributed by atoms with van der Waals surface area (Å²) in [6.45, 7) is 0.821. The Morgan fingerprint density at radius 2 is 2.12 bits per heavy atom. The molecule has 0 bridgehead atoms. The van der Waals surface area contributed by atoms with Crippen molar-refractivity contribution in [3.05, 3.63) is 35.4 Å². The van der Waals surface area contributed by atoms with Gasteiger partial charge >= 0.3 is 0 Å². The number of benzene rings is 1. The monoisotopic (exact) mass is 232 g/mol. The van der Waals surface area contributed by atoms with Crippen LogP contribution in [-0.4, -0.2) is 17.8 Å². The minimum Gasteiger partial charge on any atom is -0.393 e. The van der Waals surface area contributed by atoms with Gasteiger partial charge in [-0.05, 0) is 49.1 Å². The Morgan fingerprint density at radius 1 is 1.29 bits per heavy atom. The highest BCUT2D eigenvalue weighted by atomic mass is 16.5. The first-order valence-corrected chi connectivity index (χ1v) is 6.72. The highest BCUT2D eigenvalue weighted by molar-refractivity contribution is 5.30. The fourth-order valence-electron chi connectivity index (χ4n) is 2.75. The van der Waals surface area contributed by atoms with E-state index in [2.05, 4.69) is 24.3 Å². The van der Waals surface area contributed by atoms with E-state index in [1.807, 2.05) is 0 Å². The van der Waals surface area contributed by atoms with E-state index in [1.54, 1.807) is 0 Å². The summed E-state index contributed by atoms with van der Waals surface area (Å²) in [5.41, 5.74) is 2.76. The van der Waals surface area contributed by atoms with Crippen molar-refractivity contribution in [3.8, 4) is 0 Å². The van der Waals surface area contributed by atoms with Crippen molar-refractivity contribution < 1.29 is 9.84 Å². The summed E-state index contributed by atoms with van der Waals surface area (Å²) in [5, 5.41) is 9.91. The van der Waals surface area contributed by atoms with E-state index in [-0.39, 0.29) is 12.2 Å². The van der Waals surface area contributed by atoms with Gasteiger partial charge in [0.2, 0.25) is 0 Å². The van der Waals surface area contributed by atoms with Gasteiger partial charge < -0.3 is 9.84 Å². The third-order valence-electron chi connectivity index (χ3n) is 3.98. The predicted molar refractivity (Wildman–Crippen MR) is 66.8 cm³/mol. The molecule has 0 radical (unpaired) electrons. The van der Waals surface area contributed by atoms with Gasteiger partial charge in [0.15, 0.2) is 0 Å². The van der Waals surface area contributed by atoms with Crippen LogP contribution in [0.5, 0.6) is 0 Å². The molecule has 0 saturated heterocycles. The molecule has 2 nitrogen and oxygen atoms in total. The second kappa shape index (κ2) is 4.79. The molecule has 1 aromatic carbocycles. The zero-order valence-electron chi connectivity index (χ0n) is 10.1. The number of aliphatic hydroxyl groups is 1. The third-order valence-corrected chi connectivity index (χ3v) is 3.98. The Morgan fingerprint density at radius 3 is 2.94 bits per heavy atom. The molecular formula is C15H20O2. The molecule has 1 aliphatic carbocycles. The van der Waals surface area contributed by atoms with Crippen LogP contribution in [0.15, 0.2) is 24.3 Å². The van der Waals surface area contributed by atoms with E-state index >= 15 is 0 Å². The molecule has 2 aliphatic rings. The second-order valence-corrected chi connectivity index (χ2v) is 5.29. The van der Waals surface area contributed by atoms with Gasteiger partial charge in [0.05, 0.1) is 18.8 Å². The van der Waals surface area contributed by atoms with E-state index in [9.17, 15) is 5.11 Å². The molecule has 1 aromatic rings. The lowest BCUT2D eigenvalue weighted by Gasteiger charge is -2.26. The van der Waals surface area contributed by atoms with Crippen molar-refractivity contribution in [1.29, 1.82) is 0 Å². The number of aliphatic hydroxyl groups excluding tert-OH is 1. The summed E-state index contributed by atoms with van der Waals surface area (Å²) < 4.78 is 5.84. The van der Waals surface area contributed by atoms with Crippen molar-refractivity contribution in [3.63, 3.8) is 0 Å². The maximum atomic E-state index is 9.91. The summed E-state index contributed by atoms with van der Waals surface area (Å²) in [6, 6.07) is 8.54. The topological polar surface area (TPSA) is 29.5 Å². The minimum atomic E-state index is -0.104. The SMILES string of the molecule is OC(CCC1OCCc2ccccc21)C1CC1. The average molecular weight is 232 g/mol. The average Bonchev–Trinajstić information content (AvgIpc) is 3.20.